The van der Waals surface area contributed by atoms with Gasteiger partial charge in [-0.15, -0.1) is 0 Å². The molecule has 7 nitrogen and oxygen atoms in total. The van der Waals surface area contributed by atoms with Gasteiger partial charge in [-0.3, -0.25) is 9.78 Å². The molecule has 8 heteroatoms. The monoisotopic (exact) mass is 310 g/mol. The molecule has 1 saturated heterocycles. The van der Waals surface area contributed by atoms with Gasteiger partial charge in [0.2, 0.25) is 0 Å². The van der Waals surface area contributed by atoms with E-state index < -0.39 is 0 Å². The van der Waals surface area contributed by atoms with Crippen LogP contribution in [0.3, 0.4) is 0 Å². The minimum Gasteiger partial charge on any atom is -0.379 e. The topological polar surface area (TPSA) is 80.7 Å². The number of nitrogens with one attached hydrogen (secondary N) is 2. The SMILES string of the molecule is CCc1nc([C@@H]2COC[C@@H]2NCc2nn(C)cc2Cl)n[nH]1. The van der Waals surface area contributed by atoms with Gasteiger partial charge in [-0.05, 0) is 0 Å². The van der Waals surface area contributed by atoms with Gasteiger partial charge in [0.15, 0.2) is 5.82 Å². The molecule has 3 rings (SSSR count). The lowest BCUT2D eigenvalue weighted by Gasteiger charge is -2.15. The third-order valence-corrected chi connectivity index (χ3v) is 4.00. The maximum Gasteiger partial charge on any atom is 0.157 e. The van der Waals surface area contributed by atoms with E-state index in [9.17, 15) is 0 Å². The van der Waals surface area contributed by atoms with Gasteiger partial charge >= 0.3 is 0 Å². The molecule has 3 heterocycles. The summed E-state index contributed by atoms with van der Waals surface area (Å²) >= 11 is 6.12. The normalized spacial score (nSPS) is 22.0. The molecule has 0 aliphatic carbocycles. The number of aromatic amines is 1. The van der Waals surface area contributed by atoms with Crippen molar-refractivity contribution in [3.05, 3.63) is 28.6 Å². The number of nitrogens with zero attached hydrogens (tertiary/aromatic N) is 4. The van der Waals surface area contributed by atoms with Crippen LogP contribution < -0.4 is 5.32 Å². The Morgan fingerprint density at radius 1 is 1.52 bits per heavy atom. The zero-order valence-electron chi connectivity index (χ0n) is 12.1. The van der Waals surface area contributed by atoms with Crippen LogP contribution in [0.2, 0.25) is 5.02 Å². The first-order chi connectivity index (χ1) is 10.2. The number of aromatic nitrogens is 5. The lowest BCUT2D eigenvalue weighted by atomic mass is 10.0. The second-order valence-corrected chi connectivity index (χ2v) is 5.63. The number of aryl methyl sites for hydroxylation is 2. The van der Waals surface area contributed by atoms with E-state index in [1.54, 1.807) is 10.9 Å². The van der Waals surface area contributed by atoms with Gasteiger partial charge in [0.1, 0.15) is 5.82 Å². The molecule has 1 aliphatic heterocycles. The molecule has 114 valence electrons. The van der Waals surface area contributed by atoms with Crippen LogP contribution >= 0.6 is 11.6 Å². The number of hydrogen-bond acceptors (Lipinski definition) is 5. The fourth-order valence-electron chi connectivity index (χ4n) is 2.50. The van der Waals surface area contributed by atoms with E-state index >= 15 is 0 Å². The Balaban J connectivity index is 1.65. The highest BCUT2D eigenvalue weighted by atomic mass is 35.5. The Morgan fingerprint density at radius 2 is 2.38 bits per heavy atom. The van der Waals surface area contributed by atoms with Gasteiger partial charge < -0.3 is 10.1 Å². The number of rotatable bonds is 5. The van der Waals surface area contributed by atoms with E-state index in [2.05, 4.69) is 25.6 Å². The predicted molar refractivity (Wildman–Crippen MR) is 78.2 cm³/mol. The maximum atomic E-state index is 6.12. The van der Waals surface area contributed by atoms with Crippen LogP contribution in [0.5, 0.6) is 0 Å². The summed E-state index contributed by atoms with van der Waals surface area (Å²) in [5, 5.41) is 15.7. The summed E-state index contributed by atoms with van der Waals surface area (Å²) in [6, 6.07) is 0.170. The summed E-state index contributed by atoms with van der Waals surface area (Å²) in [4.78, 5) is 4.51. The summed E-state index contributed by atoms with van der Waals surface area (Å²) in [5.74, 6) is 1.88. The summed E-state index contributed by atoms with van der Waals surface area (Å²) in [7, 11) is 1.86. The Morgan fingerprint density at radius 3 is 3.05 bits per heavy atom. The van der Waals surface area contributed by atoms with Crippen LogP contribution in [-0.2, 0) is 24.8 Å². The highest BCUT2D eigenvalue weighted by molar-refractivity contribution is 6.31. The fourth-order valence-corrected chi connectivity index (χ4v) is 2.74. The Bertz CT molecular complexity index is 610. The first kappa shape index (κ1) is 14.5. The van der Waals surface area contributed by atoms with Gasteiger partial charge in [-0.1, -0.05) is 18.5 Å². The molecule has 0 unspecified atom stereocenters. The van der Waals surface area contributed by atoms with Crippen LogP contribution in [0.15, 0.2) is 6.20 Å². The van der Waals surface area contributed by atoms with Crippen molar-refractivity contribution in [2.75, 3.05) is 13.2 Å². The Hall–Kier alpha value is -1.44. The molecule has 0 amide bonds. The average molecular weight is 311 g/mol. The lowest BCUT2D eigenvalue weighted by molar-refractivity contribution is 0.187. The first-order valence-electron chi connectivity index (χ1n) is 7.07. The van der Waals surface area contributed by atoms with Gasteiger partial charge in [0, 0.05) is 32.3 Å². The van der Waals surface area contributed by atoms with Crippen molar-refractivity contribution in [2.45, 2.75) is 31.8 Å². The van der Waals surface area contributed by atoms with E-state index in [0.29, 0.717) is 24.8 Å². The molecule has 1 aliphatic rings. The van der Waals surface area contributed by atoms with E-state index in [4.69, 9.17) is 16.3 Å². The predicted octanol–water partition coefficient (Wildman–Crippen LogP) is 1.03. The van der Waals surface area contributed by atoms with Crippen LogP contribution in [0.1, 0.15) is 30.2 Å². The van der Waals surface area contributed by atoms with Crippen molar-refractivity contribution < 1.29 is 4.74 Å². The lowest BCUT2D eigenvalue weighted by Crippen LogP contribution is -2.34. The Labute approximate surface area is 128 Å². The largest absolute Gasteiger partial charge is 0.379 e. The van der Waals surface area contributed by atoms with Gasteiger partial charge in [0.05, 0.1) is 29.8 Å². The van der Waals surface area contributed by atoms with Crippen molar-refractivity contribution in [2.24, 2.45) is 7.05 Å². The summed E-state index contributed by atoms with van der Waals surface area (Å²) < 4.78 is 7.29. The quantitative estimate of drug-likeness (QED) is 0.862. The third-order valence-electron chi connectivity index (χ3n) is 3.68. The number of ether oxygens (including phenoxy) is 1. The van der Waals surface area contributed by atoms with E-state index in [0.717, 1.165) is 23.8 Å². The molecular weight excluding hydrogens is 292 g/mol. The van der Waals surface area contributed by atoms with Crippen LogP contribution in [0.25, 0.3) is 0 Å². The van der Waals surface area contributed by atoms with Gasteiger partial charge in [-0.25, -0.2) is 4.98 Å². The number of H-pyrrole nitrogens is 1. The van der Waals surface area contributed by atoms with Crippen LogP contribution in [-0.4, -0.2) is 44.2 Å². The summed E-state index contributed by atoms with van der Waals surface area (Å²) in [6.45, 7) is 3.93. The van der Waals surface area contributed by atoms with Crippen LogP contribution in [0, 0.1) is 0 Å². The molecule has 2 aromatic heterocycles. The molecule has 2 atom stereocenters. The molecule has 0 radical (unpaired) electrons. The van der Waals surface area contributed by atoms with Crippen molar-refractivity contribution in [1.29, 1.82) is 0 Å². The van der Waals surface area contributed by atoms with E-state index in [1.165, 1.54) is 0 Å². The summed E-state index contributed by atoms with van der Waals surface area (Å²) in [5.41, 5.74) is 0.842. The highest BCUT2D eigenvalue weighted by Crippen LogP contribution is 2.24. The molecule has 0 bridgehead atoms. The van der Waals surface area contributed by atoms with Gasteiger partial charge in [0.25, 0.3) is 0 Å². The van der Waals surface area contributed by atoms with E-state index in [-0.39, 0.29) is 12.0 Å². The average Bonchev–Trinajstić information content (AvgIpc) is 3.15. The number of halogens is 1. The molecular formula is C13H19ClN6O. The molecule has 0 saturated carbocycles. The molecule has 2 N–H and O–H groups in total. The third kappa shape index (κ3) is 3.09. The number of hydrogen-bond donors (Lipinski definition) is 2. The molecule has 0 spiro atoms. The Kier molecular flexibility index (Phi) is 4.23. The molecule has 1 fully saturated rings. The highest BCUT2D eigenvalue weighted by Gasteiger charge is 2.32. The van der Waals surface area contributed by atoms with Crippen LogP contribution in [0.4, 0.5) is 0 Å². The second kappa shape index (κ2) is 6.13. The summed E-state index contributed by atoms with van der Waals surface area (Å²) in [6.07, 6.45) is 2.65. The van der Waals surface area contributed by atoms with E-state index in [1.807, 2.05) is 14.0 Å². The standard InChI is InChI=1S/C13H19ClN6O/c1-3-12-16-13(18-17-12)8-6-21-7-11(8)15-4-10-9(14)5-20(2)19-10/h5,8,11,15H,3-4,6-7H2,1-2H3,(H,16,17,18)/t8-,11+/m1/s1. The second-order valence-electron chi connectivity index (χ2n) is 5.22. The molecule has 21 heavy (non-hydrogen) atoms. The zero-order chi connectivity index (χ0) is 14.8. The fraction of sp³-hybridized carbons (Fsp3) is 0.615. The first-order valence-corrected chi connectivity index (χ1v) is 7.45. The molecule has 0 aromatic carbocycles. The maximum absolute atomic E-state index is 6.12. The smallest absolute Gasteiger partial charge is 0.157 e. The zero-order valence-corrected chi connectivity index (χ0v) is 12.9. The van der Waals surface area contributed by atoms with Crippen molar-refractivity contribution in [1.82, 2.24) is 30.3 Å². The van der Waals surface area contributed by atoms with Crippen molar-refractivity contribution in [3.8, 4) is 0 Å². The van der Waals surface area contributed by atoms with Crippen molar-refractivity contribution >= 4 is 11.6 Å². The minimum absolute atomic E-state index is 0.157. The van der Waals surface area contributed by atoms with Crippen molar-refractivity contribution in [3.63, 3.8) is 0 Å². The minimum atomic E-state index is 0.157. The molecule has 2 aromatic rings. The van der Waals surface area contributed by atoms with Gasteiger partial charge in [-0.2, -0.15) is 10.2 Å².